The highest BCUT2D eigenvalue weighted by molar-refractivity contribution is 7.85. The van der Waals surface area contributed by atoms with E-state index in [1.54, 1.807) is 0 Å². The number of nitrogens with zero attached hydrogens (tertiary/aromatic N) is 2. The Bertz CT molecular complexity index is 1760. The van der Waals surface area contributed by atoms with Gasteiger partial charge >= 0.3 is 5.63 Å². The molecule has 0 amide bonds. The molecule has 0 atom stereocenters. The number of hydrogen-bond donors (Lipinski definition) is 1. The molecule has 200 valence electrons. The molecule has 0 saturated carbocycles. The summed E-state index contributed by atoms with van der Waals surface area (Å²) in [5, 5.41) is 9.81. The minimum atomic E-state index is -4.47. The molecule has 0 saturated heterocycles. The van der Waals surface area contributed by atoms with E-state index in [9.17, 15) is 17.8 Å². The molecule has 0 bridgehead atoms. The van der Waals surface area contributed by atoms with Crippen LogP contribution in [0.25, 0.3) is 22.1 Å². The van der Waals surface area contributed by atoms with Crippen LogP contribution in [0.5, 0.6) is 5.75 Å². The molecule has 1 N–H and O–H groups in total. The molecule has 0 fully saturated rings. The molecule has 2 heterocycles. The van der Waals surface area contributed by atoms with Crippen molar-refractivity contribution < 1.29 is 27.1 Å². The Hall–Kier alpha value is -4.47. The van der Waals surface area contributed by atoms with E-state index in [-0.39, 0.29) is 16.3 Å². The SMILES string of the molecule is CN(C)c1ccc2cc(-c3cc[n+](Cc4ccccc4)cc3)c(=O)oc2c1.Cc1ccc(O)cc1S(=O)(=O)[O-]. The second-order valence-electron chi connectivity index (χ2n) is 9.21. The molecule has 2 aromatic heterocycles. The smallest absolute Gasteiger partial charge is 0.344 e. The third-order valence-electron chi connectivity index (χ3n) is 6.09. The van der Waals surface area contributed by atoms with E-state index < -0.39 is 10.1 Å². The zero-order valence-electron chi connectivity index (χ0n) is 21.7. The van der Waals surface area contributed by atoms with E-state index in [4.69, 9.17) is 9.52 Å². The van der Waals surface area contributed by atoms with Gasteiger partial charge in [-0.05, 0) is 42.8 Å². The number of aryl methyl sites for hydroxylation is 1. The molecule has 0 unspecified atom stereocenters. The first-order valence-corrected chi connectivity index (χ1v) is 13.5. The van der Waals surface area contributed by atoms with Gasteiger partial charge in [0.05, 0.1) is 10.5 Å². The first-order valence-electron chi connectivity index (χ1n) is 12.1. The van der Waals surface area contributed by atoms with E-state index in [1.165, 1.54) is 24.6 Å². The van der Waals surface area contributed by atoms with Crippen LogP contribution in [0.2, 0.25) is 0 Å². The first-order chi connectivity index (χ1) is 18.5. The van der Waals surface area contributed by atoms with E-state index in [0.29, 0.717) is 16.7 Å². The summed E-state index contributed by atoms with van der Waals surface area (Å²) in [7, 11) is -0.545. The summed E-state index contributed by atoms with van der Waals surface area (Å²) in [5.74, 6) is -0.227. The lowest BCUT2D eigenvalue weighted by Crippen LogP contribution is -2.33. The van der Waals surface area contributed by atoms with Gasteiger partial charge in [-0.3, -0.25) is 0 Å². The predicted octanol–water partition coefficient (Wildman–Crippen LogP) is 4.47. The molecule has 5 aromatic rings. The summed E-state index contributed by atoms with van der Waals surface area (Å²) in [6, 6.07) is 25.6. The third-order valence-corrected chi connectivity index (χ3v) is 7.07. The van der Waals surface area contributed by atoms with Crippen LogP contribution in [0.1, 0.15) is 11.1 Å². The van der Waals surface area contributed by atoms with Crippen molar-refractivity contribution in [3.63, 3.8) is 0 Å². The number of phenolic OH excluding ortho intramolecular Hbond substituents is 1. The molecule has 39 heavy (non-hydrogen) atoms. The molecule has 0 aliphatic heterocycles. The van der Waals surface area contributed by atoms with Gasteiger partial charge < -0.3 is 19.0 Å². The summed E-state index contributed by atoms with van der Waals surface area (Å²) in [4.78, 5) is 14.1. The van der Waals surface area contributed by atoms with Crippen LogP contribution >= 0.6 is 0 Å². The normalized spacial score (nSPS) is 11.1. The van der Waals surface area contributed by atoms with Gasteiger partial charge in [0.15, 0.2) is 18.9 Å². The van der Waals surface area contributed by atoms with Crippen LogP contribution < -0.4 is 15.1 Å². The molecule has 0 radical (unpaired) electrons. The second-order valence-corrected chi connectivity index (χ2v) is 10.6. The quantitative estimate of drug-likeness (QED) is 0.197. The van der Waals surface area contributed by atoms with Crippen molar-refractivity contribution >= 4 is 26.8 Å². The maximum absolute atomic E-state index is 12.5. The number of aromatic nitrogens is 1. The standard InChI is InChI=1S/C23H21N2O2.C7H8O4S/c1-24(2)20-9-8-19-14-21(23(26)27-22(19)15-20)18-10-12-25(13-11-18)16-17-6-4-3-5-7-17;1-5-2-3-6(8)4-7(5)12(9,10)11/h3-15H,16H2,1-2H3;2-4,8H,1H3,(H,9,10,11)/q+1;/p-1. The van der Waals surface area contributed by atoms with Gasteiger partial charge in [0.2, 0.25) is 0 Å². The number of rotatable bonds is 5. The lowest BCUT2D eigenvalue weighted by atomic mass is 10.1. The third kappa shape index (κ3) is 6.90. The number of hydrogen-bond acceptors (Lipinski definition) is 7. The average molecular weight is 545 g/mol. The van der Waals surface area contributed by atoms with Gasteiger partial charge in [0.1, 0.15) is 21.5 Å². The van der Waals surface area contributed by atoms with E-state index >= 15 is 0 Å². The molecular formula is C30H28N2O6S. The summed E-state index contributed by atoms with van der Waals surface area (Å²) in [6.45, 7) is 2.28. The van der Waals surface area contributed by atoms with Crippen LogP contribution in [-0.4, -0.2) is 32.2 Å². The number of phenols is 1. The molecule has 0 aliphatic carbocycles. The second kappa shape index (κ2) is 11.5. The van der Waals surface area contributed by atoms with Crippen molar-refractivity contribution in [3.8, 4) is 16.9 Å². The fourth-order valence-electron chi connectivity index (χ4n) is 3.97. The van der Waals surface area contributed by atoms with Gasteiger partial charge in [-0.1, -0.05) is 36.4 Å². The number of benzene rings is 3. The number of pyridine rings is 1. The molecule has 3 aromatic carbocycles. The minimum absolute atomic E-state index is 0.227. The summed E-state index contributed by atoms with van der Waals surface area (Å²) < 4.78 is 39.3. The topological polar surface area (TPSA) is 115 Å². The Balaban J connectivity index is 0.000000247. The Morgan fingerprint density at radius 3 is 2.23 bits per heavy atom. The lowest BCUT2D eigenvalue weighted by molar-refractivity contribution is -0.688. The Morgan fingerprint density at radius 1 is 0.923 bits per heavy atom. The van der Waals surface area contributed by atoms with Crippen molar-refractivity contribution in [2.24, 2.45) is 0 Å². The van der Waals surface area contributed by atoms with Crippen LogP contribution in [0.15, 0.2) is 111 Å². The molecule has 5 rings (SSSR count). The zero-order valence-corrected chi connectivity index (χ0v) is 22.6. The molecular weight excluding hydrogens is 516 g/mol. The fraction of sp³-hybridized carbons (Fsp3) is 0.133. The average Bonchev–Trinajstić information content (AvgIpc) is 2.90. The van der Waals surface area contributed by atoms with Gasteiger partial charge in [-0.25, -0.2) is 17.8 Å². The largest absolute Gasteiger partial charge is 0.744 e. The predicted molar refractivity (Wildman–Crippen MR) is 149 cm³/mol. The van der Waals surface area contributed by atoms with E-state index in [1.807, 2.05) is 86.0 Å². The van der Waals surface area contributed by atoms with Gasteiger partial charge in [-0.15, -0.1) is 0 Å². The Labute approximate surface area is 226 Å². The number of fused-ring (bicyclic) bond motifs is 1. The van der Waals surface area contributed by atoms with Crippen molar-refractivity contribution in [2.75, 3.05) is 19.0 Å². The van der Waals surface area contributed by atoms with Crippen LogP contribution in [0.3, 0.4) is 0 Å². The van der Waals surface area contributed by atoms with Crippen LogP contribution in [-0.2, 0) is 16.7 Å². The van der Waals surface area contributed by atoms with Gasteiger partial charge in [-0.2, -0.15) is 0 Å². The van der Waals surface area contributed by atoms with Gasteiger partial charge in [0, 0.05) is 54.5 Å². The monoisotopic (exact) mass is 544 g/mol. The Morgan fingerprint density at radius 2 is 1.62 bits per heavy atom. The van der Waals surface area contributed by atoms with E-state index in [2.05, 4.69) is 16.7 Å². The maximum Gasteiger partial charge on any atom is 0.344 e. The zero-order chi connectivity index (χ0) is 28.2. The van der Waals surface area contributed by atoms with Crippen molar-refractivity contribution in [1.29, 1.82) is 0 Å². The van der Waals surface area contributed by atoms with Gasteiger partial charge in [0.25, 0.3) is 0 Å². The molecule has 8 nitrogen and oxygen atoms in total. The molecule has 9 heteroatoms. The number of aromatic hydroxyl groups is 1. The highest BCUT2D eigenvalue weighted by Gasteiger charge is 2.11. The molecule has 0 spiro atoms. The van der Waals surface area contributed by atoms with Crippen molar-refractivity contribution in [1.82, 2.24) is 0 Å². The molecule has 0 aliphatic rings. The fourth-order valence-corrected chi connectivity index (χ4v) is 4.70. The summed E-state index contributed by atoms with van der Waals surface area (Å²) in [6.07, 6.45) is 3.97. The highest BCUT2D eigenvalue weighted by atomic mass is 32.2. The van der Waals surface area contributed by atoms with E-state index in [0.717, 1.165) is 29.2 Å². The Kier molecular flexibility index (Phi) is 8.13. The first kappa shape index (κ1) is 27.6. The van der Waals surface area contributed by atoms with Crippen molar-refractivity contribution in [2.45, 2.75) is 18.4 Å². The lowest BCUT2D eigenvalue weighted by Gasteiger charge is -2.12. The summed E-state index contributed by atoms with van der Waals surface area (Å²) >= 11 is 0. The van der Waals surface area contributed by atoms with Crippen LogP contribution in [0.4, 0.5) is 5.69 Å². The summed E-state index contributed by atoms with van der Waals surface area (Å²) in [5.41, 5.74) is 4.28. The maximum atomic E-state index is 12.5. The number of anilines is 1. The minimum Gasteiger partial charge on any atom is -0.744 e. The van der Waals surface area contributed by atoms with Crippen molar-refractivity contribution in [3.05, 3.63) is 119 Å². The van der Waals surface area contributed by atoms with Crippen LogP contribution in [0, 0.1) is 6.92 Å². The highest BCUT2D eigenvalue weighted by Crippen LogP contribution is 2.24.